The van der Waals surface area contributed by atoms with E-state index in [1.54, 1.807) is 0 Å². The normalized spacial score (nSPS) is 20.5. The quantitative estimate of drug-likeness (QED) is 0.643. The molecule has 1 amide bonds. The summed E-state index contributed by atoms with van der Waals surface area (Å²) >= 11 is 1.34. The van der Waals surface area contributed by atoms with Crippen LogP contribution in [0.5, 0.6) is 0 Å². The number of thioether (sulfide) groups is 1. The van der Waals surface area contributed by atoms with Gasteiger partial charge in [0.15, 0.2) is 5.65 Å². The minimum absolute atomic E-state index is 0.0669. The Kier molecular flexibility index (Phi) is 5.01. The fourth-order valence-electron chi connectivity index (χ4n) is 3.67. The molecular formula is C19H23N5O2S. The molecule has 3 aromatic rings. The standard InChI is InChI=1S/C19H23N5O2S/c1-4-24-15-8-6-5-7-14(15)17-18(24)20-19(22-21-17)27-11-16(25)23-9-12(2)26-13(3)10-23/h5-8,12-13H,4,9-11H2,1-3H3/t12-,13-/m0/s1. The molecule has 27 heavy (non-hydrogen) atoms. The summed E-state index contributed by atoms with van der Waals surface area (Å²) in [7, 11) is 0. The van der Waals surface area contributed by atoms with Crippen molar-refractivity contribution >= 4 is 39.7 Å². The first kappa shape index (κ1) is 18.2. The Balaban J connectivity index is 1.54. The van der Waals surface area contributed by atoms with Gasteiger partial charge in [-0.2, -0.15) is 0 Å². The van der Waals surface area contributed by atoms with Crippen molar-refractivity contribution in [3.63, 3.8) is 0 Å². The van der Waals surface area contributed by atoms with Crippen LogP contribution in [0.2, 0.25) is 0 Å². The van der Waals surface area contributed by atoms with Crippen LogP contribution < -0.4 is 0 Å². The second kappa shape index (κ2) is 7.44. The summed E-state index contributed by atoms with van der Waals surface area (Å²) in [5, 5.41) is 10.2. The highest BCUT2D eigenvalue weighted by Gasteiger charge is 2.26. The Morgan fingerprint density at radius 1 is 1.22 bits per heavy atom. The zero-order valence-electron chi connectivity index (χ0n) is 15.8. The van der Waals surface area contributed by atoms with Crippen molar-refractivity contribution in [3.8, 4) is 0 Å². The Morgan fingerprint density at radius 2 is 1.96 bits per heavy atom. The maximum Gasteiger partial charge on any atom is 0.233 e. The molecule has 2 atom stereocenters. The Labute approximate surface area is 162 Å². The zero-order valence-corrected chi connectivity index (χ0v) is 16.6. The number of aryl methyl sites for hydroxylation is 1. The number of amides is 1. The summed E-state index contributed by atoms with van der Waals surface area (Å²) in [6.07, 6.45) is 0.134. The van der Waals surface area contributed by atoms with Crippen molar-refractivity contribution in [3.05, 3.63) is 24.3 Å². The third-order valence-electron chi connectivity index (χ3n) is 4.77. The highest BCUT2D eigenvalue weighted by Crippen LogP contribution is 2.27. The van der Waals surface area contributed by atoms with Gasteiger partial charge in [-0.15, -0.1) is 10.2 Å². The number of nitrogens with zero attached hydrogens (tertiary/aromatic N) is 5. The third kappa shape index (κ3) is 3.51. The van der Waals surface area contributed by atoms with Gasteiger partial charge in [0.2, 0.25) is 11.1 Å². The molecule has 0 saturated carbocycles. The van der Waals surface area contributed by atoms with Crippen LogP contribution >= 0.6 is 11.8 Å². The predicted octanol–water partition coefficient (Wildman–Crippen LogP) is 2.73. The maximum absolute atomic E-state index is 12.6. The molecule has 1 saturated heterocycles. The number of ether oxygens (including phenoxy) is 1. The van der Waals surface area contributed by atoms with E-state index in [1.165, 1.54) is 11.8 Å². The second-order valence-electron chi connectivity index (χ2n) is 6.87. The van der Waals surface area contributed by atoms with Crippen LogP contribution in [0.1, 0.15) is 20.8 Å². The van der Waals surface area contributed by atoms with E-state index in [9.17, 15) is 4.79 Å². The van der Waals surface area contributed by atoms with E-state index < -0.39 is 0 Å². The number of fused-ring (bicyclic) bond motifs is 3. The van der Waals surface area contributed by atoms with E-state index in [1.807, 2.05) is 36.9 Å². The van der Waals surface area contributed by atoms with Gasteiger partial charge >= 0.3 is 0 Å². The van der Waals surface area contributed by atoms with Gasteiger partial charge in [-0.1, -0.05) is 30.0 Å². The highest BCUT2D eigenvalue weighted by molar-refractivity contribution is 7.99. The van der Waals surface area contributed by atoms with Crippen molar-refractivity contribution in [2.75, 3.05) is 18.8 Å². The van der Waals surface area contributed by atoms with Gasteiger partial charge in [-0.25, -0.2) is 4.98 Å². The van der Waals surface area contributed by atoms with Gasteiger partial charge < -0.3 is 14.2 Å². The van der Waals surface area contributed by atoms with Crippen LogP contribution in [0.25, 0.3) is 22.1 Å². The number of hydrogen-bond donors (Lipinski definition) is 0. The van der Waals surface area contributed by atoms with Crippen molar-refractivity contribution in [2.45, 2.75) is 44.7 Å². The Hall–Kier alpha value is -2.19. The van der Waals surface area contributed by atoms with Crippen LogP contribution in [-0.4, -0.2) is 61.6 Å². The second-order valence-corrected chi connectivity index (χ2v) is 7.82. The summed E-state index contributed by atoms with van der Waals surface area (Å²) in [4.78, 5) is 19.1. The van der Waals surface area contributed by atoms with E-state index in [2.05, 4.69) is 32.7 Å². The lowest BCUT2D eigenvalue weighted by Crippen LogP contribution is -2.48. The lowest BCUT2D eigenvalue weighted by molar-refractivity contribution is -0.140. The van der Waals surface area contributed by atoms with E-state index >= 15 is 0 Å². The molecule has 2 aromatic heterocycles. The van der Waals surface area contributed by atoms with Gasteiger partial charge in [-0.05, 0) is 26.8 Å². The smallest absolute Gasteiger partial charge is 0.233 e. The van der Waals surface area contributed by atoms with Gasteiger partial charge in [-0.3, -0.25) is 4.79 Å². The predicted molar refractivity (Wildman–Crippen MR) is 106 cm³/mol. The molecule has 142 valence electrons. The van der Waals surface area contributed by atoms with Crippen LogP contribution in [0.15, 0.2) is 29.4 Å². The van der Waals surface area contributed by atoms with Crippen molar-refractivity contribution in [2.24, 2.45) is 0 Å². The molecule has 3 heterocycles. The number of para-hydroxylation sites is 1. The lowest BCUT2D eigenvalue weighted by Gasteiger charge is -2.35. The summed E-state index contributed by atoms with van der Waals surface area (Å²) < 4.78 is 7.83. The molecule has 0 spiro atoms. The topological polar surface area (TPSA) is 73.1 Å². The molecule has 8 heteroatoms. The number of carbonyl (C=O) groups is 1. The minimum Gasteiger partial charge on any atom is -0.372 e. The SMILES string of the molecule is CCn1c2ccccc2c2nnc(SCC(=O)N3C[C@H](C)O[C@@H](C)C3)nc21. The molecular weight excluding hydrogens is 362 g/mol. The van der Waals surface area contributed by atoms with Gasteiger partial charge in [0.05, 0.1) is 23.5 Å². The van der Waals surface area contributed by atoms with Gasteiger partial charge in [0.25, 0.3) is 0 Å². The van der Waals surface area contributed by atoms with Crippen LogP contribution in [0, 0.1) is 0 Å². The highest BCUT2D eigenvalue weighted by atomic mass is 32.2. The first-order chi connectivity index (χ1) is 13.1. The molecule has 0 bridgehead atoms. The van der Waals surface area contributed by atoms with Gasteiger partial charge in [0, 0.05) is 25.0 Å². The fraction of sp³-hybridized carbons (Fsp3) is 0.474. The first-order valence-electron chi connectivity index (χ1n) is 9.24. The van der Waals surface area contributed by atoms with E-state index in [0.717, 1.165) is 28.6 Å². The monoisotopic (exact) mass is 385 g/mol. The van der Waals surface area contributed by atoms with Crippen molar-refractivity contribution in [1.29, 1.82) is 0 Å². The number of carbonyl (C=O) groups excluding carboxylic acids is 1. The molecule has 1 aliphatic rings. The van der Waals surface area contributed by atoms with Crippen LogP contribution in [-0.2, 0) is 16.1 Å². The molecule has 7 nitrogen and oxygen atoms in total. The molecule has 4 rings (SSSR count). The minimum atomic E-state index is 0.0669. The number of aromatic nitrogens is 4. The molecule has 0 N–H and O–H groups in total. The molecule has 0 radical (unpaired) electrons. The van der Waals surface area contributed by atoms with Crippen LogP contribution in [0.4, 0.5) is 0 Å². The van der Waals surface area contributed by atoms with E-state index in [0.29, 0.717) is 24.0 Å². The van der Waals surface area contributed by atoms with Gasteiger partial charge in [0.1, 0.15) is 5.52 Å². The van der Waals surface area contributed by atoms with Crippen molar-refractivity contribution in [1.82, 2.24) is 24.6 Å². The van der Waals surface area contributed by atoms with E-state index in [4.69, 9.17) is 4.74 Å². The van der Waals surface area contributed by atoms with Crippen molar-refractivity contribution < 1.29 is 9.53 Å². The zero-order chi connectivity index (χ0) is 19.0. The average Bonchev–Trinajstić information content (AvgIpc) is 2.98. The average molecular weight is 385 g/mol. The van der Waals surface area contributed by atoms with E-state index in [-0.39, 0.29) is 18.1 Å². The number of hydrogen-bond acceptors (Lipinski definition) is 6. The van der Waals surface area contributed by atoms with Crippen LogP contribution in [0.3, 0.4) is 0 Å². The number of rotatable bonds is 4. The number of benzene rings is 1. The molecule has 1 aliphatic heterocycles. The maximum atomic E-state index is 12.6. The molecule has 1 aromatic carbocycles. The summed E-state index contributed by atoms with van der Waals surface area (Å²) in [6, 6.07) is 8.12. The lowest BCUT2D eigenvalue weighted by atomic mass is 10.2. The molecule has 1 fully saturated rings. The largest absolute Gasteiger partial charge is 0.372 e. The Morgan fingerprint density at radius 3 is 2.70 bits per heavy atom. The summed E-state index contributed by atoms with van der Waals surface area (Å²) in [6.45, 7) is 8.14. The third-order valence-corrected chi connectivity index (χ3v) is 5.59. The summed E-state index contributed by atoms with van der Waals surface area (Å²) in [5.41, 5.74) is 2.72. The molecule has 0 aliphatic carbocycles. The number of morpholine rings is 1. The molecule has 0 unspecified atom stereocenters. The summed E-state index contributed by atoms with van der Waals surface area (Å²) in [5.74, 6) is 0.389. The Bertz CT molecular complexity index is 979. The fourth-order valence-corrected chi connectivity index (χ4v) is 4.35. The first-order valence-corrected chi connectivity index (χ1v) is 10.2.